The molecule has 2 aliphatic carbocycles. The molecule has 0 heterocycles. The van der Waals surface area contributed by atoms with E-state index in [4.69, 9.17) is 0 Å². The smallest absolute Gasteiger partial charge is 0.0550 e. The molecule has 3 heteroatoms. The summed E-state index contributed by atoms with van der Waals surface area (Å²) in [5, 5.41) is 20.0. The average molecular weight is 339 g/mol. The molecule has 0 saturated heterocycles. The molecule has 3 atom stereocenters. The lowest BCUT2D eigenvalue weighted by Crippen LogP contribution is -2.38. The van der Waals surface area contributed by atoms with Crippen LogP contribution in [0.4, 0.5) is 0 Å². The van der Waals surface area contributed by atoms with Gasteiger partial charge in [0.1, 0.15) is 0 Å². The first-order valence-electron chi connectivity index (χ1n) is 7.65. The molecule has 0 radical (unpaired) electrons. The van der Waals surface area contributed by atoms with Crippen LogP contribution < -0.4 is 0 Å². The highest BCUT2D eigenvalue weighted by atomic mass is 79.9. The maximum Gasteiger partial charge on any atom is 0.0550 e. The van der Waals surface area contributed by atoms with Crippen LogP contribution in [0.2, 0.25) is 0 Å². The number of hydrogen-bond acceptors (Lipinski definition) is 2. The summed E-state index contributed by atoms with van der Waals surface area (Å²) in [6.07, 6.45) is 6.30. The highest BCUT2D eigenvalue weighted by Crippen LogP contribution is 2.52. The van der Waals surface area contributed by atoms with Gasteiger partial charge in [-0.3, -0.25) is 0 Å². The van der Waals surface area contributed by atoms with Crippen molar-refractivity contribution < 1.29 is 10.2 Å². The second-order valence-electron chi connectivity index (χ2n) is 6.72. The predicted molar refractivity (Wildman–Crippen MR) is 83.5 cm³/mol. The van der Waals surface area contributed by atoms with Gasteiger partial charge in [0.15, 0.2) is 0 Å². The summed E-state index contributed by atoms with van der Waals surface area (Å²) in [5.74, 6) is 2.39. The Balaban J connectivity index is 1.86. The number of hydrogen-bond donors (Lipinski definition) is 2. The lowest BCUT2D eigenvalue weighted by Gasteiger charge is -2.36. The van der Waals surface area contributed by atoms with Crippen LogP contribution in [-0.2, 0) is 5.41 Å². The van der Waals surface area contributed by atoms with Crippen LogP contribution in [0.15, 0.2) is 28.7 Å². The first kappa shape index (κ1) is 14.6. The van der Waals surface area contributed by atoms with E-state index in [1.54, 1.807) is 0 Å². The van der Waals surface area contributed by atoms with Crippen molar-refractivity contribution in [2.45, 2.75) is 37.5 Å². The van der Waals surface area contributed by atoms with Crippen molar-refractivity contribution in [2.75, 3.05) is 13.2 Å². The van der Waals surface area contributed by atoms with Gasteiger partial charge in [-0.2, -0.15) is 0 Å². The summed E-state index contributed by atoms with van der Waals surface area (Å²) in [6, 6.07) is 7.99. The molecule has 1 aromatic carbocycles. The molecule has 2 N–H and O–H groups in total. The zero-order valence-electron chi connectivity index (χ0n) is 11.8. The fraction of sp³-hybridized carbons (Fsp3) is 0.647. The summed E-state index contributed by atoms with van der Waals surface area (Å²) >= 11 is 3.58. The standard InChI is InChI=1S/C17H23BrO2/c18-16-4-2-1-3-15(16)17(10-19,11-20)9-14-8-12-5-6-13(14)7-12/h1-4,12-14,19-20H,5-11H2. The Bertz CT molecular complexity index is 470. The maximum absolute atomic E-state index is 10.0. The third-order valence-corrected chi connectivity index (χ3v) is 6.28. The van der Waals surface area contributed by atoms with Crippen LogP contribution in [0.5, 0.6) is 0 Å². The van der Waals surface area contributed by atoms with E-state index in [1.807, 2.05) is 24.3 Å². The summed E-state index contributed by atoms with van der Waals surface area (Å²) in [4.78, 5) is 0. The minimum absolute atomic E-state index is 0.0139. The minimum atomic E-state index is -0.505. The van der Waals surface area contributed by atoms with Gasteiger partial charge in [0.25, 0.3) is 0 Å². The average Bonchev–Trinajstić information content (AvgIpc) is 3.08. The normalized spacial score (nSPS) is 29.1. The molecule has 1 aromatic rings. The van der Waals surface area contributed by atoms with Gasteiger partial charge >= 0.3 is 0 Å². The molecule has 2 saturated carbocycles. The first-order chi connectivity index (χ1) is 9.68. The lowest BCUT2D eigenvalue weighted by atomic mass is 9.71. The lowest BCUT2D eigenvalue weighted by molar-refractivity contribution is 0.0843. The van der Waals surface area contributed by atoms with Crippen LogP contribution in [0.25, 0.3) is 0 Å². The van der Waals surface area contributed by atoms with Gasteiger partial charge in [-0.1, -0.05) is 40.5 Å². The van der Waals surface area contributed by atoms with Crippen molar-refractivity contribution in [1.82, 2.24) is 0 Å². The Morgan fingerprint density at radius 2 is 1.85 bits per heavy atom. The first-order valence-corrected chi connectivity index (χ1v) is 8.44. The SMILES string of the molecule is OCC(CO)(CC1CC2CCC1C2)c1ccccc1Br. The molecule has 2 aliphatic rings. The molecule has 2 bridgehead atoms. The molecule has 0 aliphatic heterocycles. The Morgan fingerprint density at radius 3 is 2.40 bits per heavy atom. The Morgan fingerprint density at radius 1 is 1.10 bits per heavy atom. The molecule has 0 spiro atoms. The van der Waals surface area contributed by atoms with Gasteiger partial charge in [-0.25, -0.2) is 0 Å². The second-order valence-corrected chi connectivity index (χ2v) is 7.57. The van der Waals surface area contributed by atoms with Crippen LogP contribution in [0.3, 0.4) is 0 Å². The number of halogens is 1. The van der Waals surface area contributed by atoms with Crippen molar-refractivity contribution >= 4 is 15.9 Å². The summed E-state index contributed by atoms with van der Waals surface area (Å²) in [6.45, 7) is 0.0278. The van der Waals surface area contributed by atoms with Gasteiger partial charge in [0.05, 0.1) is 13.2 Å². The summed E-state index contributed by atoms with van der Waals surface area (Å²) in [7, 11) is 0. The minimum Gasteiger partial charge on any atom is -0.395 e. The molecule has 3 unspecified atom stereocenters. The fourth-order valence-corrected chi connectivity index (χ4v) is 5.18. The number of benzene rings is 1. The van der Waals surface area contributed by atoms with E-state index < -0.39 is 5.41 Å². The Kier molecular flexibility index (Phi) is 4.21. The zero-order chi connectivity index (χ0) is 14.2. The third kappa shape index (κ3) is 2.44. The van der Waals surface area contributed by atoms with Gasteiger partial charge in [0, 0.05) is 9.89 Å². The maximum atomic E-state index is 10.0. The van der Waals surface area contributed by atoms with Crippen LogP contribution in [0.1, 0.15) is 37.7 Å². The molecule has 2 fully saturated rings. The number of aliphatic hydroxyl groups is 2. The predicted octanol–water partition coefficient (Wildman–Crippen LogP) is 3.50. The summed E-state index contributed by atoms with van der Waals surface area (Å²) in [5.41, 5.74) is 0.544. The van der Waals surface area contributed by atoms with Crippen molar-refractivity contribution in [1.29, 1.82) is 0 Å². The van der Waals surface area contributed by atoms with Gasteiger partial charge in [0.2, 0.25) is 0 Å². The molecular weight excluding hydrogens is 316 g/mol. The fourth-order valence-electron chi connectivity index (χ4n) is 4.48. The molecule has 3 rings (SSSR count). The monoisotopic (exact) mass is 338 g/mol. The van der Waals surface area contributed by atoms with Crippen LogP contribution >= 0.6 is 15.9 Å². The van der Waals surface area contributed by atoms with Crippen molar-refractivity contribution in [3.05, 3.63) is 34.3 Å². The summed E-state index contributed by atoms with van der Waals surface area (Å²) < 4.78 is 0.992. The van der Waals surface area contributed by atoms with E-state index >= 15 is 0 Å². The van der Waals surface area contributed by atoms with Gasteiger partial charge in [-0.05, 0) is 55.1 Å². The van der Waals surface area contributed by atoms with E-state index in [-0.39, 0.29) is 13.2 Å². The van der Waals surface area contributed by atoms with E-state index in [0.717, 1.165) is 28.3 Å². The van der Waals surface area contributed by atoms with Crippen LogP contribution in [-0.4, -0.2) is 23.4 Å². The van der Waals surface area contributed by atoms with Crippen molar-refractivity contribution in [3.63, 3.8) is 0 Å². The number of fused-ring (bicyclic) bond motifs is 2. The number of aliphatic hydroxyl groups excluding tert-OH is 2. The molecule has 0 amide bonds. The highest BCUT2D eigenvalue weighted by molar-refractivity contribution is 9.10. The highest BCUT2D eigenvalue weighted by Gasteiger charge is 2.44. The van der Waals surface area contributed by atoms with Gasteiger partial charge in [-0.15, -0.1) is 0 Å². The van der Waals surface area contributed by atoms with Crippen molar-refractivity contribution in [3.8, 4) is 0 Å². The molecular formula is C17H23BrO2. The zero-order valence-corrected chi connectivity index (χ0v) is 13.3. The second kappa shape index (κ2) is 5.78. The largest absolute Gasteiger partial charge is 0.395 e. The Labute approximate surface area is 129 Å². The molecule has 110 valence electrons. The topological polar surface area (TPSA) is 40.5 Å². The molecule has 2 nitrogen and oxygen atoms in total. The molecule has 20 heavy (non-hydrogen) atoms. The van der Waals surface area contributed by atoms with E-state index in [0.29, 0.717) is 5.92 Å². The molecule has 0 aromatic heterocycles. The quantitative estimate of drug-likeness (QED) is 0.862. The van der Waals surface area contributed by atoms with Crippen LogP contribution in [0, 0.1) is 17.8 Å². The third-order valence-electron chi connectivity index (χ3n) is 5.59. The van der Waals surface area contributed by atoms with E-state index in [1.165, 1.54) is 25.7 Å². The van der Waals surface area contributed by atoms with E-state index in [9.17, 15) is 10.2 Å². The van der Waals surface area contributed by atoms with E-state index in [2.05, 4.69) is 15.9 Å². The Hall–Kier alpha value is -0.380. The number of rotatable bonds is 5. The van der Waals surface area contributed by atoms with Gasteiger partial charge < -0.3 is 10.2 Å². The van der Waals surface area contributed by atoms with Crippen molar-refractivity contribution in [2.24, 2.45) is 17.8 Å².